The third-order valence-corrected chi connectivity index (χ3v) is 4.29. The van der Waals surface area contributed by atoms with Gasteiger partial charge in [-0.3, -0.25) is 9.59 Å². The van der Waals surface area contributed by atoms with Crippen LogP contribution >= 0.6 is 0 Å². The number of ether oxygens (including phenoxy) is 1. The van der Waals surface area contributed by atoms with Crippen LogP contribution in [0.2, 0.25) is 0 Å². The third kappa shape index (κ3) is 2.78. The highest BCUT2D eigenvalue weighted by atomic mass is 16.5. The molecule has 0 fully saturated rings. The first-order valence-electron chi connectivity index (χ1n) is 8.15. The summed E-state index contributed by atoms with van der Waals surface area (Å²) < 4.78 is 5.47. The van der Waals surface area contributed by atoms with Gasteiger partial charge in [-0.05, 0) is 41.5 Å². The molecular formula is C22H15NO3. The maximum Gasteiger partial charge on any atom is 0.198 e. The van der Waals surface area contributed by atoms with Crippen molar-refractivity contribution in [2.75, 3.05) is 5.73 Å². The van der Waals surface area contributed by atoms with Crippen molar-refractivity contribution in [1.82, 2.24) is 0 Å². The Balaban J connectivity index is 1.68. The third-order valence-electron chi connectivity index (χ3n) is 4.29. The molecule has 0 radical (unpaired) electrons. The van der Waals surface area contributed by atoms with Gasteiger partial charge in [-0.25, -0.2) is 0 Å². The second kappa shape index (κ2) is 6.33. The number of ketones is 2. The molecule has 0 spiro atoms. The zero-order valence-corrected chi connectivity index (χ0v) is 13.8. The normalized spacial score (nSPS) is 16.1. The van der Waals surface area contributed by atoms with Crippen LogP contribution in [0.15, 0.2) is 89.9 Å². The molecule has 2 aromatic rings. The summed E-state index contributed by atoms with van der Waals surface area (Å²) in [6, 6.07) is 14.3. The summed E-state index contributed by atoms with van der Waals surface area (Å²) in [6.07, 6.45) is 8.48. The van der Waals surface area contributed by atoms with Crippen molar-refractivity contribution in [2.45, 2.75) is 0 Å². The molecule has 1 aliphatic carbocycles. The molecule has 0 aromatic heterocycles. The molecular weight excluding hydrogens is 326 g/mol. The van der Waals surface area contributed by atoms with Gasteiger partial charge >= 0.3 is 0 Å². The lowest BCUT2D eigenvalue weighted by molar-refractivity contribution is 0.0988. The Morgan fingerprint density at radius 1 is 0.846 bits per heavy atom. The molecule has 4 nitrogen and oxygen atoms in total. The number of benzene rings is 2. The summed E-state index contributed by atoms with van der Waals surface area (Å²) in [4.78, 5) is 25.2. The molecule has 26 heavy (non-hydrogen) atoms. The maximum absolute atomic E-state index is 12.6. The fourth-order valence-corrected chi connectivity index (χ4v) is 2.96. The summed E-state index contributed by atoms with van der Waals surface area (Å²) in [6.45, 7) is 0. The summed E-state index contributed by atoms with van der Waals surface area (Å²) in [5.41, 5.74) is 8.98. The van der Waals surface area contributed by atoms with Gasteiger partial charge in [0.2, 0.25) is 0 Å². The number of carbonyl (C=O) groups excluding carboxylic acids is 2. The van der Waals surface area contributed by atoms with Gasteiger partial charge in [0.05, 0.1) is 11.8 Å². The van der Waals surface area contributed by atoms with E-state index in [0.717, 1.165) is 5.56 Å². The quantitative estimate of drug-likeness (QED) is 0.507. The molecule has 0 saturated heterocycles. The highest BCUT2D eigenvalue weighted by Gasteiger charge is 2.34. The zero-order chi connectivity index (χ0) is 18.1. The van der Waals surface area contributed by atoms with Crippen LogP contribution < -0.4 is 5.73 Å². The van der Waals surface area contributed by atoms with Gasteiger partial charge in [-0.2, -0.15) is 0 Å². The van der Waals surface area contributed by atoms with Crippen LogP contribution in [-0.4, -0.2) is 11.6 Å². The molecule has 1 aliphatic heterocycles. The smallest absolute Gasteiger partial charge is 0.198 e. The van der Waals surface area contributed by atoms with E-state index in [2.05, 4.69) is 0 Å². The number of hydrogen-bond acceptors (Lipinski definition) is 4. The van der Waals surface area contributed by atoms with Crippen LogP contribution in [0.5, 0.6) is 0 Å². The number of rotatable bonds is 2. The Kier molecular flexibility index (Phi) is 3.86. The van der Waals surface area contributed by atoms with Gasteiger partial charge in [0, 0.05) is 16.8 Å². The van der Waals surface area contributed by atoms with Gasteiger partial charge < -0.3 is 10.5 Å². The Bertz CT molecular complexity index is 1000. The van der Waals surface area contributed by atoms with Crippen LogP contribution in [0.1, 0.15) is 26.3 Å². The van der Waals surface area contributed by atoms with Crippen molar-refractivity contribution in [1.29, 1.82) is 0 Å². The SMILES string of the molecule is Nc1ccc(C=CC2=CC(=C3C(=O)c4ccccc4C3=O)C=CO2)cc1. The van der Waals surface area contributed by atoms with E-state index in [-0.39, 0.29) is 17.1 Å². The fraction of sp³-hybridized carbons (Fsp3) is 0. The monoisotopic (exact) mass is 341 g/mol. The van der Waals surface area contributed by atoms with Crippen LogP contribution in [0.4, 0.5) is 5.69 Å². The molecule has 2 N–H and O–H groups in total. The van der Waals surface area contributed by atoms with E-state index < -0.39 is 0 Å². The molecule has 0 unspecified atom stereocenters. The largest absolute Gasteiger partial charge is 0.465 e. The first kappa shape index (κ1) is 15.8. The summed E-state index contributed by atoms with van der Waals surface area (Å²) in [5.74, 6) is 0.0545. The Morgan fingerprint density at radius 2 is 1.50 bits per heavy atom. The predicted molar refractivity (Wildman–Crippen MR) is 100 cm³/mol. The Hall–Kier alpha value is -3.66. The van der Waals surface area contributed by atoms with Crippen LogP contribution in [0.25, 0.3) is 6.08 Å². The number of anilines is 1. The van der Waals surface area contributed by atoms with Gasteiger partial charge in [0.15, 0.2) is 11.6 Å². The van der Waals surface area contributed by atoms with Crippen LogP contribution in [-0.2, 0) is 4.74 Å². The second-order valence-corrected chi connectivity index (χ2v) is 6.00. The average molecular weight is 341 g/mol. The first-order valence-corrected chi connectivity index (χ1v) is 8.15. The maximum atomic E-state index is 12.6. The van der Waals surface area contributed by atoms with Crippen molar-refractivity contribution in [3.05, 3.63) is 107 Å². The number of allylic oxidation sites excluding steroid dienone is 5. The van der Waals surface area contributed by atoms with Gasteiger partial charge in [-0.1, -0.05) is 42.5 Å². The van der Waals surface area contributed by atoms with E-state index in [1.165, 1.54) is 6.26 Å². The minimum Gasteiger partial charge on any atom is -0.465 e. The van der Waals surface area contributed by atoms with Crippen molar-refractivity contribution in [2.24, 2.45) is 0 Å². The number of hydrogen-bond donors (Lipinski definition) is 1. The van der Waals surface area contributed by atoms with E-state index in [9.17, 15) is 9.59 Å². The first-order chi connectivity index (χ1) is 12.6. The number of carbonyl (C=O) groups is 2. The molecule has 126 valence electrons. The molecule has 1 heterocycles. The molecule has 2 aromatic carbocycles. The molecule has 4 rings (SSSR count). The van der Waals surface area contributed by atoms with E-state index in [0.29, 0.717) is 28.1 Å². The summed E-state index contributed by atoms with van der Waals surface area (Å²) >= 11 is 0. The number of nitrogen functional groups attached to an aromatic ring is 1. The van der Waals surface area contributed by atoms with Crippen molar-refractivity contribution in [3.8, 4) is 0 Å². The van der Waals surface area contributed by atoms with Crippen LogP contribution in [0, 0.1) is 0 Å². The molecule has 4 heteroatoms. The topological polar surface area (TPSA) is 69.4 Å². The zero-order valence-electron chi connectivity index (χ0n) is 13.8. The van der Waals surface area contributed by atoms with E-state index >= 15 is 0 Å². The Labute approximate surface area is 150 Å². The molecule has 0 amide bonds. The van der Waals surface area contributed by atoms with Gasteiger partial charge in [-0.15, -0.1) is 0 Å². The standard InChI is InChI=1S/C22H15NO3/c23-16-8-5-14(6-9-16)7-10-17-13-15(11-12-26-17)20-21(24)18-3-1-2-4-19(18)22(20)25/h1-13H,23H2. The van der Waals surface area contributed by atoms with Crippen LogP contribution in [0.3, 0.4) is 0 Å². The average Bonchev–Trinajstić information content (AvgIpc) is 2.93. The lowest BCUT2D eigenvalue weighted by Gasteiger charge is -2.09. The molecule has 2 aliphatic rings. The van der Waals surface area contributed by atoms with Crippen molar-refractivity contribution in [3.63, 3.8) is 0 Å². The molecule has 0 atom stereocenters. The summed E-state index contributed by atoms with van der Waals surface area (Å²) in [5, 5.41) is 0. The summed E-state index contributed by atoms with van der Waals surface area (Å²) in [7, 11) is 0. The van der Waals surface area contributed by atoms with Gasteiger partial charge in [0.1, 0.15) is 5.76 Å². The fourth-order valence-electron chi connectivity index (χ4n) is 2.96. The Morgan fingerprint density at radius 3 is 2.15 bits per heavy atom. The highest BCUT2D eigenvalue weighted by Crippen LogP contribution is 2.31. The number of fused-ring (bicyclic) bond motifs is 1. The van der Waals surface area contributed by atoms with Crippen molar-refractivity contribution >= 4 is 23.3 Å². The van der Waals surface area contributed by atoms with E-state index in [1.54, 1.807) is 42.5 Å². The number of nitrogens with two attached hydrogens (primary N) is 1. The lowest BCUT2D eigenvalue weighted by atomic mass is 10.0. The lowest BCUT2D eigenvalue weighted by Crippen LogP contribution is -2.05. The highest BCUT2D eigenvalue weighted by molar-refractivity contribution is 6.40. The second-order valence-electron chi connectivity index (χ2n) is 6.00. The molecule has 0 saturated carbocycles. The number of Topliss-reactive ketones (excluding diaryl/α,β-unsaturated/α-hetero) is 2. The van der Waals surface area contributed by atoms with Crippen molar-refractivity contribution < 1.29 is 14.3 Å². The van der Waals surface area contributed by atoms with E-state index in [1.807, 2.05) is 30.3 Å². The van der Waals surface area contributed by atoms with Gasteiger partial charge in [0.25, 0.3) is 0 Å². The molecule has 0 bridgehead atoms. The predicted octanol–water partition coefficient (Wildman–Crippen LogP) is 4.09. The van der Waals surface area contributed by atoms with E-state index in [4.69, 9.17) is 10.5 Å². The minimum absolute atomic E-state index is 0.184. The minimum atomic E-state index is -0.245.